The minimum Gasteiger partial charge on any atom is -0.494 e. The average molecular weight is 515 g/mol. The summed E-state index contributed by atoms with van der Waals surface area (Å²) in [5.74, 6) is 2.31. The van der Waals surface area contributed by atoms with Gasteiger partial charge in [0, 0.05) is 0 Å². The Labute approximate surface area is 228 Å². The van der Waals surface area contributed by atoms with Gasteiger partial charge in [0.1, 0.15) is 17.2 Å². The normalized spacial score (nSPS) is 11.5. The van der Waals surface area contributed by atoms with E-state index >= 15 is 0 Å². The maximum Gasteiger partial charge on any atom is 0.343 e. The van der Waals surface area contributed by atoms with Crippen LogP contribution in [-0.4, -0.2) is 19.2 Å². The second-order valence-electron chi connectivity index (χ2n) is 9.83. The average Bonchev–Trinajstić information content (AvgIpc) is 2.96. The third kappa shape index (κ3) is 10.1. The van der Waals surface area contributed by atoms with Crippen LogP contribution < -0.4 is 14.2 Å². The highest BCUT2D eigenvalue weighted by atomic mass is 16.5. The molecule has 0 saturated heterocycles. The van der Waals surface area contributed by atoms with Crippen molar-refractivity contribution in [1.82, 2.24) is 0 Å². The van der Waals surface area contributed by atoms with Gasteiger partial charge in [-0.25, -0.2) is 4.79 Å². The molecule has 0 fully saturated rings. The monoisotopic (exact) mass is 514 g/mol. The Morgan fingerprint density at radius 1 is 0.737 bits per heavy atom. The van der Waals surface area contributed by atoms with Crippen LogP contribution in [0.4, 0.5) is 0 Å². The fourth-order valence-electron chi connectivity index (χ4n) is 3.96. The molecule has 3 aromatic carbocycles. The first-order valence-corrected chi connectivity index (χ1v) is 14.0. The standard InChI is InChI=1S/C34H42O4/c1-4-6-7-8-9-10-11-12-25-36-31-21-17-30(18-22-31)34(35)38-33-23-15-29(16-24-33)28-13-19-32(20-14-28)37-26-27(3)5-2/h4,13-24,27H,1,5-12,25-26H2,2-3H3/t27-/m0/s1. The van der Waals surface area contributed by atoms with Gasteiger partial charge in [-0.1, -0.05) is 76.3 Å². The number of benzene rings is 3. The third-order valence-electron chi connectivity index (χ3n) is 6.65. The molecular weight excluding hydrogens is 472 g/mol. The molecule has 0 saturated carbocycles. The molecule has 0 aromatic heterocycles. The van der Waals surface area contributed by atoms with Crippen molar-refractivity contribution >= 4 is 5.97 Å². The molecule has 202 valence electrons. The molecule has 3 rings (SSSR count). The summed E-state index contributed by atoms with van der Waals surface area (Å²) in [5.41, 5.74) is 2.62. The molecule has 0 unspecified atom stereocenters. The molecule has 0 heterocycles. The van der Waals surface area contributed by atoms with Gasteiger partial charge in [-0.2, -0.15) is 0 Å². The van der Waals surface area contributed by atoms with Crippen molar-refractivity contribution in [3.05, 3.63) is 91.0 Å². The largest absolute Gasteiger partial charge is 0.494 e. The molecular formula is C34H42O4. The number of carbonyl (C=O) groups excluding carboxylic acids is 1. The molecule has 38 heavy (non-hydrogen) atoms. The topological polar surface area (TPSA) is 44.8 Å². The Bertz CT molecular complexity index is 1080. The number of esters is 1. The second-order valence-corrected chi connectivity index (χ2v) is 9.83. The molecule has 0 radical (unpaired) electrons. The van der Waals surface area contributed by atoms with E-state index in [2.05, 4.69) is 20.4 Å². The second kappa shape index (κ2) is 16.3. The Balaban J connectivity index is 1.40. The molecule has 0 aliphatic heterocycles. The Hall–Kier alpha value is -3.53. The first kappa shape index (κ1) is 29.0. The summed E-state index contributed by atoms with van der Waals surface area (Å²) in [6.07, 6.45) is 11.5. The van der Waals surface area contributed by atoms with E-state index in [1.165, 1.54) is 32.1 Å². The van der Waals surface area contributed by atoms with Gasteiger partial charge in [0.2, 0.25) is 0 Å². The van der Waals surface area contributed by atoms with E-state index in [0.717, 1.165) is 48.5 Å². The Morgan fingerprint density at radius 2 is 1.26 bits per heavy atom. The number of allylic oxidation sites excluding steroid dienone is 1. The van der Waals surface area contributed by atoms with Gasteiger partial charge in [-0.3, -0.25) is 0 Å². The fourth-order valence-corrected chi connectivity index (χ4v) is 3.96. The van der Waals surface area contributed by atoms with Gasteiger partial charge in [-0.05, 0) is 84.8 Å². The third-order valence-corrected chi connectivity index (χ3v) is 6.65. The molecule has 1 atom stereocenters. The van der Waals surface area contributed by atoms with Crippen molar-refractivity contribution in [1.29, 1.82) is 0 Å². The van der Waals surface area contributed by atoms with E-state index < -0.39 is 0 Å². The van der Waals surface area contributed by atoms with Crippen LogP contribution in [0, 0.1) is 5.92 Å². The number of unbranched alkanes of at least 4 members (excludes halogenated alkanes) is 6. The van der Waals surface area contributed by atoms with Crippen molar-refractivity contribution in [2.45, 2.75) is 65.2 Å². The summed E-state index contributed by atoms with van der Waals surface area (Å²) in [7, 11) is 0. The molecule has 4 nitrogen and oxygen atoms in total. The summed E-state index contributed by atoms with van der Waals surface area (Å²) in [4.78, 5) is 12.6. The zero-order chi connectivity index (χ0) is 27.0. The molecule has 0 amide bonds. The van der Waals surface area contributed by atoms with Crippen molar-refractivity contribution in [3.8, 4) is 28.4 Å². The van der Waals surface area contributed by atoms with Crippen LogP contribution in [0.5, 0.6) is 17.2 Å². The summed E-state index contributed by atoms with van der Waals surface area (Å²) >= 11 is 0. The predicted molar refractivity (Wildman–Crippen MR) is 156 cm³/mol. The number of carbonyl (C=O) groups is 1. The summed E-state index contributed by atoms with van der Waals surface area (Å²) in [6.45, 7) is 9.53. The van der Waals surface area contributed by atoms with Crippen molar-refractivity contribution < 1.29 is 19.0 Å². The highest BCUT2D eigenvalue weighted by Gasteiger charge is 2.10. The lowest BCUT2D eigenvalue weighted by Crippen LogP contribution is -2.08. The van der Waals surface area contributed by atoms with Crippen LogP contribution in [0.25, 0.3) is 11.1 Å². The Morgan fingerprint density at radius 3 is 1.87 bits per heavy atom. The number of hydrogen-bond acceptors (Lipinski definition) is 4. The van der Waals surface area contributed by atoms with Gasteiger partial charge in [0.25, 0.3) is 0 Å². The lowest BCUT2D eigenvalue weighted by molar-refractivity contribution is 0.0734. The van der Waals surface area contributed by atoms with Gasteiger partial charge < -0.3 is 14.2 Å². The van der Waals surface area contributed by atoms with Gasteiger partial charge in [-0.15, -0.1) is 6.58 Å². The van der Waals surface area contributed by atoms with Crippen molar-refractivity contribution in [2.75, 3.05) is 13.2 Å². The maximum absolute atomic E-state index is 12.6. The quantitative estimate of drug-likeness (QED) is 0.0779. The van der Waals surface area contributed by atoms with Crippen LogP contribution >= 0.6 is 0 Å². The SMILES string of the molecule is C=CCCCCCCCCOc1ccc(C(=O)Oc2ccc(-c3ccc(OC[C@@H](C)CC)cc3)cc2)cc1. The van der Waals surface area contributed by atoms with E-state index in [4.69, 9.17) is 14.2 Å². The molecule has 0 bridgehead atoms. The van der Waals surface area contributed by atoms with Crippen LogP contribution in [0.15, 0.2) is 85.5 Å². The Kier molecular flexibility index (Phi) is 12.5. The van der Waals surface area contributed by atoms with Crippen molar-refractivity contribution in [2.24, 2.45) is 5.92 Å². The molecule has 4 heteroatoms. The lowest BCUT2D eigenvalue weighted by Gasteiger charge is -2.11. The lowest BCUT2D eigenvalue weighted by atomic mass is 10.1. The summed E-state index contributed by atoms with van der Waals surface area (Å²) < 4.78 is 17.2. The molecule has 0 aliphatic carbocycles. The van der Waals surface area contributed by atoms with Crippen LogP contribution in [0.3, 0.4) is 0 Å². The van der Waals surface area contributed by atoms with E-state index in [0.29, 0.717) is 23.8 Å². The minimum absolute atomic E-state index is 0.386. The van der Waals surface area contributed by atoms with Crippen LogP contribution in [0.1, 0.15) is 75.6 Å². The molecule has 0 aliphatic rings. The first-order chi connectivity index (χ1) is 18.6. The van der Waals surface area contributed by atoms with Crippen LogP contribution in [0.2, 0.25) is 0 Å². The number of ether oxygens (including phenoxy) is 3. The van der Waals surface area contributed by atoms with E-state index in [1.807, 2.05) is 66.7 Å². The molecule has 0 spiro atoms. The zero-order valence-corrected chi connectivity index (χ0v) is 23.0. The zero-order valence-electron chi connectivity index (χ0n) is 23.0. The fraction of sp³-hybridized carbons (Fsp3) is 0.382. The highest BCUT2D eigenvalue weighted by molar-refractivity contribution is 5.91. The smallest absolute Gasteiger partial charge is 0.343 e. The molecule has 0 N–H and O–H groups in total. The van der Waals surface area contributed by atoms with Crippen molar-refractivity contribution in [3.63, 3.8) is 0 Å². The minimum atomic E-state index is -0.386. The first-order valence-electron chi connectivity index (χ1n) is 14.0. The highest BCUT2D eigenvalue weighted by Crippen LogP contribution is 2.25. The van der Waals surface area contributed by atoms with Gasteiger partial charge >= 0.3 is 5.97 Å². The number of hydrogen-bond donors (Lipinski definition) is 0. The van der Waals surface area contributed by atoms with Crippen LogP contribution in [-0.2, 0) is 0 Å². The summed E-state index contributed by atoms with van der Waals surface area (Å²) in [5, 5.41) is 0. The number of rotatable bonds is 17. The molecule has 3 aromatic rings. The summed E-state index contributed by atoms with van der Waals surface area (Å²) in [6, 6.07) is 22.8. The predicted octanol–water partition coefficient (Wildman–Crippen LogP) is 9.29. The van der Waals surface area contributed by atoms with Gasteiger partial charge in [0.05, 0.1) is 18.8 Å². The van der Waals surface area contributed by atoms with E-state index in [9.17, 15) is 4.79 Å². The van der Waals surface area contributed by atoms with E-state index in [-0.39, 0.29) is 5.97 Å². The maximum atomic E-state index is 12.6. The van der Waals surface area contributed by atoms with Gasteiger partial charge in [0.15, 0.2) is 0 Å². The van der Waals surface area contributed by atoms with E-state index in [1.54, 1.807) is 12.1 Å².